The van der Waals surface area contributed by atoms with Crippen LogP contribution in [0.4, 0.5) is 0 Å². The zero-order valence-electron chi connectivity index (χ0n) is 37.6. The van der Waals surface area contributed by atoms with Crippen molar-refractivity contribution >= 4 is 5.97 Å². The van der Waals surface area contributed by atoms with Crippen molar-refractivity contribution < 1.29 is 74.4 Å². The molecule has 2 saturated heterocycles. The van der Waals surface area contributed by atoms with Crippen molar-refractivity contribution in [3.8, 4) is 0 Å². The monoisotopic (exact) mass is 869 g/mol. The summed E-state index contributed by atoms with van der Waals surface area (Å²) in [7, 11) is 0. The average molecular weight is 869 g/mol. The molecule has 4 saturated carbocycles. The summed E-state index contributed by atoms with van der Waals surface area (Å²) >= 11 is 0. The Kier molecular flexibility index (Phi) is 14.4. The molecule has 15 nitrogen and oxygen atoms in total. The molecule has 9 N–H and O–H groups in total. The molecule has 6 fully saturated rings. The first kappa shape index (κ1) is 48.9. The van der Waals surface area contributed by atoms with Crippen molar-refractivity contribution in [3.63, 3.8) is 0 Å². The van der Waals surface area contributed by atoms with Crippen LogP contribution in [0.3, 0.4) is 0 Å². The molecule has 0 radical (unpaired) electrons. The summed E-state index contributed by atoms with van der Waals surface area (Å²) in [5, 5.41) is 100. The Morgan fingerprint density at radius 3 is 2.07 bits per heavy atom. The van der Waals surface area contributed by atoms with E-state index < -0.39 is 120 Å². The van der Waals surface area contributed by atoms with Crippen molar-refractivity contribution in [2.75, 3.05) is 13.2 Å². The van der Waals surface area contributed by atoms with Crippen molar-refractivity contribution in [1.29, 1.82) is 0 Å². The van der Waals surface area contributed by atoms with Gasteiger partial charge in [0.1, 0.15) is 55.4 Å². The maximum Gasteiger partial charge on any atom is 0.330 e. The summed E-state index contributed by atoms with van der Waals surface area (Å²) < 4.78 is 31.1. The summed E-state index contributed by atoms with van der Waals surface area (Å²) in [6.07, 6.45) is -7.36. The Bertz CT molecular complexity index is 1600. The third kappa shape index (κ3) is 8.45. The van der Waals surface area contributed by atoms with E-state index in [9.17, 15) is 50.8 Å². The van der Waals surface area contributed by atoms with E-state index in [-0.39, 0.29) is 30.3 Å². The van der Waals surface area contributed by atoms with Gasteiger partial charge in [0.25, 0.3) is 0 Å². The van der Waals surface area contributed by atoms with Gasteiger partial charge in [0.05, 0.1) is 30.5 Å². The predicted octanol–water partition coefficient (Wildman–Crippen LogP) is 2.25. The van der Waals surface area contributed by atoms with Crippen molar-refractivity contribution in [2.24, 2.45) is 45.3 Å². The van der Waals surface area contributed by atoms with Gasteiger partial charge in [-0.2, -0.15) is 0 Å². The minimum Gasteiger partial charge on any atom is -0.460 e. The third-order valence-electron chi connectivity index (χ3n) is 17.1. The van der Waals surface area contributed by atoms with Crippen LogP contribution >= 0.6 is 0 Å². The average Bonchev–Trinajstić information content (AvgIpc) is 3.58. The van der Waals surface area contributed by atoms with Crippen molar-refractivity contribution in [2.45, 2.75) is 199 Å². The number of aliphatic hydroxyl groups is 9. The zero-order valence-corrected chi connectivity index (χ0v) is 37.6. The molecule has 4 aliphatic carbocycles. The molecule has 2 heterocycles. The number of aliphatic hydroxyl groups excluding tert-OH is 9. The Morgan fingerprint density at radius 1 is 0.820 bits per heavy atom. The van der Waals surface area contributed by atoms with Gasteiger partial charge in [-0.15, -0.1) is 0 Å². The van der Waals surface area contributed by atoms with Gasteiger partial charge in [-0.05, 0) is 124 Å². The van der Waals surface area contributed by atoms with Crippen molar-refractivity contribution in [3.05, 3.63) is 23.8 Å². The number of carbonyl (C=O) groups excluding carboxylic acids is 1. The number of carbonyl (C=O) groups is 1. The van der Waals surface area contributed by atoms with Gasteiger partial charge in [-0.3, -0.25) is 0 Å². The van der Waals surface area contributed by atoms with Crippen molar-refractivity contribution in [1.82, 2.24) is 0 Å². The van der Waals surface area contributed by atoms with Gasteiger partial charge >= 0.3 is 5.97 Å². The molecule has 2 aliphatic heterocycles. The van der Waals surface area contributed by atoms with Crippen LogP contribution in [0.15, 0.2) is 23.8 Å². The van der Waals surface area contributed by atoms with Crippen LogP contribution in [0.2, 0.25) is 0 Å². The molecule has 0 aromatic rings. The van der Waals surface area contributed by atoms with Crippen LogP contribution in [0, 0.1) is 45.3 Å². The molecule has 21 atom stereocenters. The minimum atomic E-state index is -1.66. The number of hydrogen-bond donors (Lipinski definition) is 9. The second kappa shape index (κ2) is 18.0. The van der Waals surface area contributed by atoms with Crippen LogP contribution < -0.4 is 0 Å². The van der Waals surface area contributed by atoms with Crippen LogP contribution in [0.25, 0.3) is 0 Å². The van der Waals surface area contributed by atoms with Gasteiger partial charge in [-0.1, -0.05) is 52.3 Å². The second-order valence-corrected chi connectivity index (χ2v) is 21.2. The Labute approximate surface area is 361 Å². The zero-order chi connectivity index (χ0) is 45.2. The second-order valence-electron chi connectivity index (χ2n) is 21.2. The number of allylic oxidation sites excluding steroid dienone is 3. The first-order chi connectivity index (χ1) is 28.4. The van der Waals surface area contributed by atoms with E-state index in [1.165, 1.54) is 12.2 Å². The molecular formula is C46H76O15. The van der Waals surface area contributed by atoms with Crippen LogP contribution in [-0.4, -0.2) is 150 Å². The molecule has 6 rings (SSSR count). The first-order valence-electron chi connectivity index (χ1n) is 22.5. The fourth-order valence-electron chi connectivity index (χ4n) is 13.8. The highest BCUT2D eigenvalue weighted by Crippen LogP contribution is 2.76. The lowest BCUT2D eigenvalue weighted by Crippen LogP contribution is -2.71. The quantitative estimate of drug-likeness (QED) is 0.0591. The molecule has 6 aliphatic rings. The van der Waals surface area contributed by atoms with Crippen LogP contribution in [0.5, 0.6) is 0 Å². The number of ether oxygens (including phenoxy) is 5. The first-order valence-corrected chi connectivity index (χ1v) is 22.5. The maximum absolute atomic E-state index is 12.6. The molecule has 61 heavy (non-hydrogen) atoms. The van der Waals surface area contributed by atoms with E-state index in [4.69, 9.17) is 23.7 Å². The standard InChI is InChI=1S/C46H76O15/c1-10-12-31(50)57-22-28-34(52)36(54)37(55)40(60-28)58-26-20-45(8)29(43(6)17-15-30(49)42(4,5)39(26)43)19-25(48)32-24(14-18-44(32,45)7)46(9,16-11-13-23(2)3)61-41-38(56)35(53)33(51)27(21-47)59-41/h10,12-13,24-30,32-41,47-49,51-56H,11,14-22H2,1-9H3. The molecule has 15 heteroatoms. The minimum absolute atomic E-state index is 0.0293. The third-order valence-corrected chi connectivity index (χ3v) is 17.1. The number of esters is 1. The molecule has 0 spiro atoms. The number of fused-ring (bicyclic) bond motifs is 5. The molecule has 0 amide bonds. The lowest BCUT2D eigenvalue weighted by molar-refractivity contribution is -0.349. The Balaban J connectivity index is 1.37. The lowest BCUT2D eigenvalue weighted by Gasteiger charge is -2.72. The van der Waals surface area contributed by atoms with E-state index in [0.29, 0.717) is 51.4 Å². The topological polar surface area (TPSA) is 245 Å². The Hall–Kier alpha value is -1.57. The maximum atomic E-state index is 12.6. The SMILES string of the molecule is CC=CC(=O)OCC1OC(OC2CC3(C)C(CC(O)C4C(C(C)(CCC=C(C)C)OC5OC(CO)C(O)C(O)C5O)CCC43C)C3(C)CCC(O)C(C)(C)C23)C(O)C(O)C1O. The van der Waals surface area contributed by atoms with Gasteiger partial charge < -0.3 is 69.6 Å². The molecule has 21 unspecified atom stereocenters. The van der Waals surface area contributed by atoms with E-state index in [2.05, 4.69) is 26.8 Å². The fraction of sp³-hybridized carbons (Fsp3) is 0.891. The molecule has 0 aromatic heterocycles. The van der Waals surface area contributed by atoms with E-state index in [1.54, 1.807) is 6.92 Å². The largest absolute Gasteiger partial charge is 0.460 e. The summed E-state index contributed by atoms with van der Waals surface area (Å²) in [6.45, 7) is 17.5. The number of hydrogen-bond acceptors (Lipinski definition) is 15. The van der Waals surface area contributed by atoms with Crippen LogP contribution in [-0.2, 0) is 28.5 Å². The molecular weight excluding hydrogens is 792 g/mol. The summed E-state index contributed by atoms with van der Waals surface area (Å²) in [4.78, 5) is 12.2. The van der Waals surface area contributed by atoms with Gasteiger partial charge in [-0.25, -0.2) is 4.79 Å². The number of rotatable bonds is 12. The summed E-state index contributed by atoms with van der Waals surface area (Å²) in [5.41, 5.74) is -2.09. The normalized spacial score (nSPS) is 49.3. The highest BCUT2D eigenvalue weighted by atomic mass is 16.7. The van der Waals surface area contributed by atoms with E-state index in [0.717, 1.165) is 5.57 Å². The van der Waals surface area contributed by atoms with E-state index >= 15 is 0 Å². The summed E-state index contributed by atoms with van der Waals surface area (Å²) in [5.74, 6) is -1.55. The smallest absolute Gasteiger partial charge is 0.330 e. The predicted molar refractivity (Wildman–Crippen MR) is 221 cm³/mol. The van der Waals surface area contributed by atoms with Gasteiger partial charge in [0.2, 0.25) is 0 Å². The molecule has 0 bridgehead atoms. The molecule has 350 valence electrons. The van der Waals surface area contributed by atoms with Crippen LogP contribution in [0.1, 0.15) is 114 Å². The van der Waals surface area contributed by atoms with Gasteiger partial charge in [0, 0.05) is 6.08 Å². The highest BCUT2D eigenvalue weighted by molar-refractivity contribution is 5.81. The highest BCUT2D eigenvalue weighted by Gasteiger charge is 2.74. The van der Waals surface area contributed by atoms with Gasteiger partial charge in [0.15, 0.2) is 12.6 Å². The fourth-order valence-corrected chi connectivity index (χ4v) is 13.8. The lowest BCUT2D eigenvalue weighted by atomic mass is 9.34. The Morgan fingerprint density at radius 2 is 1.44 bits per heavy atom. The molecule has 0 aromatic carbocycles. The van der Waals surface area contributed by atoms with E-state index in [1.807, 2.05) is 34.6 Å². The summed E-state index contributed by atoms with van der Waals surface area (Å²) in [6, 6.07) is 0.